The summed E-state index contributed by atoms with van der Waals surface area (Å²) >= 11 is 1.26. The van der Waals surface area contributed by atoms with Gasteiger partial charge in [0.2, 0.25) is 11.8 Å². The maximum Gasteiger partial charge on any atom is 0.244 e. The number of hydrogen-bond donors (Lipinski definition) is 2. The lowest BCUT2D eigenvalue weighted by Crippen LogP contribution is -2.22. The average Bonchev–Trinajstić information content (AvgIpc) is 3.25. The minimum Gasteiger partial charge on any atom is -0.494 e. The molecule has 3 rings (SSSR count). The van der Waals surface area contributed by atoms with Gasteiger partial charge < -0.3 is 29.4 Å². The zero-order valence-electron chi connectivity index (χ0n) is 20.6. The van der Waals surface area contributed by atoms with E-state index in [4.69, 9.17) is 14.2 Å². The largest absolute Gasteiger partial charge is 0.494 e. The van der Waals surface area contributed by atoms with E-state index in [2.05, 4.69) is 20.8 Å². The summed E-state index contributed by atoms with van der Waals surface area (Å²) in [6.07, 6.45) is 3.11. The zero-order chi connectivity index (χ0) is 25.9. The first kappa shape index (κ1) is 26.6. The number of ether oxygens (including phenoxy) is 3. The van der Waals surface area contributed by atoms with Crippen molar-refractivity contribution in [3.8, 4) is 17.2 Å². The van der Waals surface area contributed by atoms with Gasteiger partial charge >= 0.3 is 0 Å². The van der Waals surface area contributed by atoms with Crippen molar-refractivity contribution in [2.45, 2.75) is 18.6 Å². The van der Waals surface area contributed by atoms with E-state index in [-0.39, 0.29) is 24.1 Å². The Kier molecular flexibility index (Phi) is 9.75. The Morgan fingerprint density at radius 2 is 1.81 bits per heavy atom. The molecule has 0 saturated heterocycles. The van der Waals surface area contributed by atoms with Crippen LogP contribution >= 0.6 is 11.8 Å². The second-order valence-electron chi connectivity index (χ2n) is 7.42. The number of thioether (sulfide) groups is 1. The van der Waals surface area contributed by atoms with Crippen molar-refractivity contribution in [1.29, 1.82) is 0 Å². The molecule has 1 heterocycles. The summed E-state index contributed by atoms with van der Waals surface area (Å²) in [4.78, 5) is 24.5. The topological polar surface area (TPSA) is 117 Å². The fraction of sp³-hybridized carbons (Fsp3) is 0.280. The molecule has 0 bridgehead atoms. The molecule has 36 heavy (non-hydrogen) atoms. The summed E-state index contributed by atoms with van der Waals surface area (Å²) in [5.41, 5.74) is 1.48. The quantitative estimate of drug-likeness (QED) is 0.281. The van der Waals surface area contributed by atoms with Crippen molar-refractivity contribution in [1.82, 2.24) is 20.1 Å². The van der Waals surface area contributed by atoms with Crippen molar-refractivity contribution < 1.29 is 23.8 Å². The molecule has 2 aromatic carbocycles. The van der Waals surface area contributed by atoms with Crippen LogP contribution in [0.5, 0.6) is 17.2 Å². The number of rotatable bonds is 12. The second-order valence-corrected chi connectivity index (χ2v) is 8.36. The molecule has 10 nitrogen and oxygen atoms in total. The normalized spacial score (nSPS) is 10.8. The van der Waals surface area contributed by atoms with Gasteiger partial charge in [-0.3, -0.25) is 9.59 Å². The monoisotopic (exact) mass is 511 g/mol. The number of methoxy groups -OCH3 is 2. The maximum atomic E-state index is 12.3. The summed E-state index contributed by atoms with van der Waals surface area (Å²) < 4.78 is 17.6. The number of anilines is 1. The number of carbonyl (C=O) groups is 2. The van der Waals surface area contributed by atoms with Crippen LogP contribution in [0.15, 0.2) is 53.7 Å². The maximum absolute atomic E-state index is 12.3. The van der Waals surface area contributed by atoms with Gasteiger partial charge in [0.25, 0.3) is 0 Å². The molecule has 0 aliphatic carbocycles. The van der Waals surface area contributed by atoms with E-state index in [1.165, 1.54) is 17.8 Å². The molecule has 0 radical (unpaired) electrons. The van der Waals surface area contributed by atoms with Crippen LogP contribution in [0.25, 0.3) is 6.08 Å². The standard InChI is InChI=1S/C25H29N5O5S/c1-5-35-19-10-8-18(9-11-19)27-24(32)16-36-25-29-28-22(30(25)2)15-26-23(31)13-7-17-6-12-20(33-3)21(14-17)34-4/h6-14H,5,15-16H2,1-4H3,(H,26,31)(H,27,32). The third-order valence-electron chi connectivity index (χ3n) is 4.96. The van der Waals surface area contributed by atoms with E-state index in [0.29, 0.717) is 34.8 Å². The van der Waals surface area contributed by atoms with Crippen LogP contribution in [0.2, 0.25) is 0 Å². The number of aromatic nitrogens is 3. The fourth-order valence-corrected chi connectivity index (χ4v) is 3.84. The van der Waals surface area contributed by atoms with Gasteiger partial charge in [0.15, 0.2) is 22.5 Å². The molecular weight excluding hydrogens is 482 g/mol. The molecule has 1 aromatic heterocycles. The number of nitrogens with zero attached hydrogens (tertiary/aromatic N) is 3. The van der Waals surface area contributed by atoms with Crippen LogP contribution in [-0.4, -0.2) is 53.2 Å². The number of carbonyl (C=O) groups excluding carboxylic acids is 2. The smallest absolute Gasteiger partial charge is 0.244 e. The second kappa shape index (κ2) is 13.2. The van der Waals surface area contributed by atoms with Gasteiger partial charge in [-0.1, -0.05) is 17.8 Å². The molecular formula is C25H29N5O5S. The predicted octanol–water partition coefficient (Wildman–Crippen LogP) is 3.29. The average molecular weight is 512 g/mol. The van der Waals surface area contributed by atoms with E-state index in [9.17, 15) is 9.59 Å². The Morgan fingerprint density at radius 1 is 1.06 bits per heavy atom. The van der Waals surface area contributed by atoms with Crippen LogP contribution in [0, 0.1) is 0 Å². The molecule has 2 N–H and O–H groups in total. The highest BCUT2D eigenvalue weighted by Gasteiger charge is 2.12. The van der Waals surface area contributed by atoms with Crippen molar-refractivity contribution in [3.05, 3.63) is 59.9 Å². The van der Waals surface area contributed by atoms with E-state index >= 15 is 0 Å². The summed E-state index contributed by atoms with van der Waals surface area (Å²) in [5, 5.41) is 14.4. The van der Waals surface area contributed by atoms with Crippen molar-refractivity contribution in [3.63, 3.8) is 0 Å². The Morgan fingerprint density at radius 3 is 2.50 bits per heavy atom. The highest BCUT2D eigenvalue weighted by atomic mass is 32.2. The first-order valence-corrected chi connectivity index (χ1v) is 12.1. The minimum absolute atomic E-state index is 0.165. The first-order valence-electron chi connectivity index (χ1n) is 11.1. The fourth-order valence-electron chi connectivity index (χ4n) is 3.11. The van der Waals surface area contributed by atoms with Crippen molar-refractivity contribution in [2.75, 3.05) is 31.9 Å². The van der Waals surface area contributed by atoms with Crippen LogP contribution < -0.4 is 24.8 Å². The molecule has 0 atom stereocenters. The zero-order valence-corrected chi connectivity index (χ0v) is 21.4. The van der Waals surface area contributed by atoms with Crippen LogP contribution in [0.1, 0.15) is 18.3 Å². The molecule has 190 valence electrons. The number of hydrogen-bond acceptors (Lipinski definition) is 8. The van der Waals surface area contributed by atoms with Gasteiger partial charge in [-0.25, -0.2) is 0 Å². The molecule has 0 fully saturated rings. The van der Waals surface area contributed by atoms with Gasteiger partial charge in [0, 0.05) is 18.8 Å². The number of nitrogens with one attached hydrogen (secondary N) is 2. The molecule has 11 heteroatoms. The summed E-state index contributed by atoms with van der Waals surface area (Å²) in [6, 6.07) is 12.6. The van der Waals surface area contributed by atoms with Crippen LogP contribution in [0.4, 0.5) is 5.69 Å². The highest BCUT2D eigenvalue weighted by Crippen LogP contribution is 2.28. The van der Waals surface area contributed by atoms with E-state index < -0.39 is 0 Å². The Hall–Kier alpha value is -3.99. The Balaban J connectivity index is 1.47. The number of amides is 2. The summed E-state index contributed by atoms with van der Waals surface area (Å²) in [6.45, 7) is 2.69. The summed E-state index contributed by atoms with van der Waals surface area (Å²) in [5.74, 6) is 2.23. The molecule has 0 aliphatic rings. The number of benzene rings is 2. The lowest BCUT2D eigenvalue weighted by atomic mass is 10.2. The van der Waals surface area contributed by atoms with E-state index in [1.807, 2.05) is 13.0 Å². The van der Waals surface area contributed by atoms with Gasteiger partial charge in [0.1, 0.15) is 5.75 Å². The van der Waals surface area contributed by atoms with Crippen LogP contribution in [-0.2, 0) is 23.2 Å². The lowest BCUT2D eigenvalue weighted by molar-refractivity contribution is -0.116. The SMILES string of the molecule is CCOc1ccc(NC(=O)CSc2nnc(CNC(=O)C=Cc3ccc(OC)c(OC)c3)n2C)cc1. The first-order chi connectivity index (χ1) is 17.4. The van der Waals surface area contributed by atoms with Gasteiger partial charge in [-0.15, -0.1) is 10.2 Å². The van der Waals surface area contributed by atoms with Crippen molar-refractivity contribution >= 4 is 35.3 Å². The minimum atomic E-state index is -0.281. The Bertz CT molecular complexity index is 1210. The van der Waals surface area contributed by atoms with E-state index in [1.54, 1.807) is 68.3 Å². The molecule has 0 spiro atoms. The highest BCUT2D eigenvalue weighted by molar-refractivity contribution is 7.99. The molecule has 3 aromatic rings. The third kappa shape index (κ3) is 7.51. The third-order valence-corrected chi connectivity index (χ3v) is 5.98. The molecule has 0 aliphatic heterocycles. The lowest BCUT2D eigenvalue weighted by Gasteiger charge is -2.08. The van der Waals surface area contributed by atoms with E-state index in [0.717, 1.165) is 11.3 Å². The Labute approximate surface area is 214 Å². The summed E-state index contributed by atoms with van der Waals surface area (Å²) in [7, 11) is 4.91. The van der Waals surface area contributed by atoms with Gasteiger partial charge in [-0.2, -0.15) is 0 Å². The van der Waals surface area contributed by atoms with Crippen LogP contribution in [0.3, 0.4) is 0 Å². The van der Waals surface area contributed by atoms with Gasteiger partial charge in [-0.05, 0) is 55.0 Å². The van der Waals surface area contributed by atoms with Crippen molar-refractivity contribution in [2.24, 2.45) is 7.05 Å². The molecule has 2 amide bonds. The van der Waals surface area contributed by atoms with Gasteiger partial charge in [0.05, 0.1) is 33.1 Å². The molecule has 0 unspecified atom stereocenters. The molecule has 0 saturated carbocycles. The predicted molar refractivity (Wildman–Crippen MR) is 138 cm³/mol.